The summed E-state index contributed by atoms with van der Waals surface area (Å²) < 4.78 is 3.37. The first-order chi connectivity index (χ1) is 9.72. The molecule has 1 aromatic carbocycles. The van der Waals surface area contributed by atoms with Crippen molar-refractivity contribution in [1.29, 1.82) is 0 Å². The highest BCUT2D eigenvalue weighted by Crippen LogP contribution is 2.16. The Balaban J connectivity index is 2.22. The molecule has 0 spiro atoms. The van der Waals surface area contributed by atoms with Crippen LogP contribution in [0.4, 0.5) is 0 Å². The van der Waals surface area contributed by atoms with E-state index in [-0.39, 0.29) is 11.4 Å². The monoisotopic (exact) mass is 287 g/mol. The van der Waals surface area contributed by atoms with Crippen molar-refractivity contribution in [2.45, 2.75) is 19.9 Å². The molecular weight excluding hydrogens is 272 g/mol. The van der Waals surface area contributed by atoms with Crippen molar-refractivity contribution in [3.63, 3.8) is 0 Å². The fraction of sp³-hybridized carbons (Fsp3) is 0.200. The summed E-state index contributed by atoms with van der Waals surface area (Å²) >= 11 is 1.45. The standard InChI is InChI=1S/C15H14N2O2S/c1-2-16-13(18)12(10-11-6-4-3-5-7-11)14(19)17-8-9-20-15(16)17/h3-9H,2,10H2,1H3/p+1. The molecular formula is C15H15N2O2S+. The summed E-state index contributed by atoms with van der Waals surface area (Å²) in [7, 11) is 0. The Morgan fingerprint density at radius 3 is 2.75 bits per heavy atom. The maximum absolute atomic E-state index is 12.5. The van der Waals surface area contributed by atoms with Gasteiger partial charge < -0.3 is 5.11 Å². The Morgan fingerprint density at radius 2 is 2.05 bits per heavy atom. The lowest BCUT2D eigenvalue weighted by Gasteiger charge is -2.06. The number of aryl methyl sites for hydroxylation is 1. The Bertz CT molecular complexity index is 806. The molecule has 0 aliphatic rings. The minimum atomic E-state index is -0.146. The lowest BCUT2D eigenvalue weighted by Crippen LogP contribution is -2.39. The van der Waals surface area contributed by atoms with Crippen molar-refractivity contribution in [1.82, 2.24) is 4.40 Å². The van der Waals surface area contributed by atoms with Gasteiger partial charge in [-0.2, -0.15) is 8.97 Å². The molecule has 2 heterocycles. The van der Waals surface area contributed by atoms with Crippen molar-refractivity contribution in [2.75, 3.05) is 0 Å². The van der Waals surface area contributed by atoms with Crippen molar-refractivity contribution in [3.05, 3.63) is 63.4 Å². The van der Waals surface area contributed by atoms with E-state index in [1.807, 2.05) is 42.6 Å². The number of rotatable bonds is 3. The van der Waals surface area contributed by atoms with Crippen LogP contribution in [-0.2, 0) is 13.0 Å². The van der Waals surface area contributed by atoms with E-state index < -0.39 is 0 Å². The second-order valence-corrected chi connectivity index (χ2v) is 5.44. The predicted octanol–water partition coefficient (Wildman–Crippen LogP) is 1.96. The van der Waals surface area contributed by atoms with Crippen LogP contribution in [0.5, 0.6) is 5.88 Å². The highest BCUT2D eigenvalue weighted by atomic mass is 32.1. The molecule has 0 saturated heterocycles. The van der Waals surface area contributed by atoms with Gasteiger partial charge in [0, 0.05) is 11.8 Å². The molecule has 2 aromatic heterocycles. The fourth-order valence-corrected chi connectivity index (χ4v) is 3.26. The minimum Gasteiger partial charge on any atom is -0.477 e. The minimum absolute atomic E-state index is 0.0730. The Hall–Kier alpha value is -2.14. The Kier molecular flexibility index (Phi) is 3.28. The van der Waals surface area contributed by atoms with E-state index in [0.29, 0.717) is 18.5 Å². The van der Waals surface area contributed by atoms with Gasteiger partial charge in [-0.05, 0) is 12.5 Å². The number of aromatic hydroxyl groups is 1. The third-order valence-corrected chi connectivity index (χ3v) is 4.25. The van der Waals surface area contributed by atoms with Gasteiger partial charge in [0.05, 0.1) is 6.54 Å². The summed E-state index contributed by atoms with van der Waals surface area (Å²) in [6.45, 7) is 2.58. The summed E-state index contributed by atoms with van der Waals surface area (Å²) in [5, 5.41) is 12.3. The number of thiazole rings is 1. The zero-order chi connectivity index (χ0) is 14.1. The molecule has 4 nitrogen and oxygen atoms in total. The fourth-order valence-electron chi connectivity index (χ4n) is 2.36. The molecule has 0 saturated carbocycles. The molecule has 0 atom stereocenters. The molecule has 5 heteroatoms. The van der Waals surface area contributed by atoms with Crippen LogP contribution < -0.4 is 10.1 Å². The van der Waals surface area contributed by atoms with Crippen LogP contribution in [0, 0.1) is 0 Å². The maximum Gasteiger partial charge on any atom is 0.351 e. The Morgan fingerprint density at radius 1 is 1.30 bits per heavy atom. The van der Waals surface area contributed by atoms with Gasteiger partial charge in [-0.1, -0.05) is 41.7 Å². The number of hydrogen-bond acceptors (Lipinski definition) is 3. The van der Waals surface area contributed by atoms with Gasteiger partial charge in [0.1, 0.15) is 11.8 Å². The SMILES string of the molecule is CC[n+]1c(O)c(Cc2ccccc2)c(=O)n2ccsc21. The molecule has 3 rings (SSSR count). The zero-order valence-corrected chi connectivity index (χ0v) is 11.9. The number of aromatic nitrogens is 2. The molecule has 0 aliphatic heterocycles. The molecule has 20 heavy (non-hydrogen) atoms. The van der Waals surface area contributed by atoms with Crippen LogP contribution in [0.15, 0.2) is 46.7 Å². The van der Waals surface area contributed by atoms with E-state index in [0.717, 1.165) is 10.5 Å². The lowest BCUT2D eigenvalue weighted by atomic mass is 10.1. The smallest absolute Gasteiger partial charge is 0.351 e. The highest BCUT2D eigenvalue weighted by Gasteiger charge is 2.23. The van der Waals surface area contributed by atoms with Crippen LogP contribution in [0.1, 0.15) is 18.1 Å². The molecule has 0 aliphatic carbocycles. The summed E-state index contributed by atoms with van der Waals surface area (Å²) in [5.41, 5.74) is 1.30. The molecule has 1 N–H and O–H groups in total. The number of fused-ring (bicyclic) bond motifs is 1. The van der Waals surface area contributed by atoms with E-state index in [9.17, 15) is 9.90 Å². The lowest BCUT2D eigenvalue weighted by molar-refractivity contribution is -0.675. The number of benzene rings is 1. The van der Waals surface area contributed by atoms with Crippen molar-refractivity contribution >= 4 is 16.3 Å². The van der Waals surface area contributed by atoms with Crippen molar-refractivity contribution < 1.29 is 9.67 Å². The summed E-state index contributed by atoms with van der Waals surface area (Å²) in [5.74, 6) is 0.0730. The van der Waals surface area contributed by atoms with Gasteiger partial charge in [-0.15, -0.1) is 0 Å². The molecule has 0 radical (unpaired) electrons. The first kappa shape index (κ1) is 12.9. The van der Waals surface area contributed by atoms with E-state index >= 15 is 0 Å². The molecule has 0 bridgehead atoms. The average Bonchev–Trinajstić information content (AvgIpc) is 2.94. The van der Waals surface area contributed by atoms with Gasteiger partial charge in [-0.3, -0.25) is 0 Å². The molecule has 0 fully saturated rings. The predicted molar refractivity (Wildman–Crippen MR) is 78.3 cm³/mol. The molecule has 102 valence electrons. The normalized spacial score (nSPS) is 11.1. The summed E-state index contributed by atoms with van der Waals surface area (Å²) in [4.78, 5) is 13.2. The van der Waals surface area contributed by atoms with E-state index in [1.165, 1.54) is 11.3 Å². The zero-order valence-electron chi connectivity index (χ0n) is 11.1. The molecule has 0 unspecified atom stereocenters. The van der Waals surface area contributed by atoms with Crippen LogP contribution in [0.25, 0.3) is 4.96 Å². The first-order valence-corrected chi connectivity index (χ1v) is 7.37. The summed E-state index contributed by atoms with van der Waals surface area (Å²) in [6, 6.07) is 9.71. The van der Waals surface area contributed by atoms with Gasteiger partial charge in [0.2, 0.25) is 0 Å². The van der Waals surface area contributed by atoms with Crippen LogP contribution in [-0.4, -0.2) is 9.51 Å². The van der Waals surface area contributed by atoms with E-state index in [4.69, 9.17) is 0 Å². The van der Waals surface area contributed by atoms with Crippen molar-refractivity contribution in [2.24, 2.45) is 0 Å². The second kappa shape index (κ2) is 5.09. The van der Waals surface area contributed by atoms with Gasteiger partial charge in [-0.25, -0.2) is 4.79 Å². The van der Waals surface area contributed by atoms with Crippen LogP contribution in [0.3, 0.4) is 0 Å². The van der Waals surface area contributed by atoms with Gasteiger partial charge >= 0.3 is 10.5 Å². The number of nitrogens with zero attached hydrogens (tertiary/aromatic N) is 2. The first-order valence-electron chi connectivity index (χ1n) is 6.49. The third kappa shape index (κ3) is 2.00. The van der Waals surface area contributed by atoms with E-state index in [2.05, 4.69) is 0 Å². The topological polar surface area (TPSA) is 45.6 Å². The Labute approximate surface area is 120 Å². The average molecular weight is 287 g/mol. The second-order valence-electron chi connectivity index (χ2n) is 4.57. The van der Waals surface area contributed by atoms with Crippen LogP contribution >= 0.6 is 11.3 Å². The largest absolute Gasteiger partial charge is 0.477 e. The van der Waals surface area contributed by atoms with Crippen LogP contribution in [0.2, 0.25) is 0 Å². The quantitative estimate of drug-likeness (QED) is 0.749. The maximum atomic E-state index is 12.5. The third-order valence-electron chi connectivity index (χ3n) is 3.36. The van der Waals surface area contributed by atoms with E-state index in [1.54, 1.807) is 15.2 Å². The van der Waals surface area contributed by atoms with Gasteiger partial charge in [0.25, 0.3) is 5.88 Å². The molecule has 3 aromatic rings. The summed E-state index contributed by atoms with van der Waals surface area (Å²) in [6.07, 6.45) is 2.19. The molecule has 0 amide bonds. The number of hydrogen-bond donors (Lipinski definition) is 1. The van der Waals surface area contributed by atoms with Crippen molar-refractivity contribution in [3.8, 4) is 5.88 Å². The highest BCUT2D eigenvalue weighted by molar-refractivity contribution is 7.14. The van der Waals surface area contributed by atoms with Gasteiger partial charge in [0.15, 0.2) is 0 Å².